The van der Waals surface area contributed by atoms with E-state index in [2.05, 4.69) is 20.6 Å². The van der Waals surface area contributed by atoms with Gasteiger partial charge in [-0.1, -0.05) is 0 Å². The number of rotatable bonds is 5. The van der Waals surface area contributed by atoms with Crippen LogP contribution >= 0.6 is 0 Å². The molecule has 3 rings (SSSR count). The van der Waals surface area contributed by atoms with Gasteiger partial charge in [0.05, 0.1) is 12.8 Å². The Morgan fingerprint density at radius 2 is 1.81 bits per heavy atom. The molecule has 0 radical (unpaired) electrons. The minimum atomic E-state index is -0.771. The van der Waals surface area contributed by atoms with Gasteiger partial charge in [-0.05, 0) is 36.4 Å². The van der Waals surface area contributed by atoms with Crippen molar-refractivity contribution >= 4 is 23.1 Å². The van der Waals surface area contributed by atoms with Crippen LogP contribution in [0.15, 0.2) is 54.9 Å². The van der Waals surface area contributed by atoms with Crippen molar-refractivity contribution in [3.8, 4) is 5.75 Å². The van der Waals surface area contributed by atoms with Crippen LogP contribution < -0.4 is 15.4 Å². The van der Waals surface area contributed by atoms with Gasteiger partial charge in [0.1, 0.15) is 35.2 Å². The van der Waals surface area contributed by atoms with Crippen LogP contribution in [0.3, 0.4) is 0 Å². The molecule has 0 aliphatic rings. The SMILES string of the molecule is COc1ccc(NC(=O)c2cc(Nc3ccc(F)cc3F)ncn2)cc1. The van der Waals surface area contributed by atoms with Gasteiger partial charge in [0.15, 0.2) is 0 Å². The molecule has 26 heavy (non-hydrogen) atoms. The Morgan fingerprint density at radius 3 is 2.50 bits per heavy atom. The van der Waals surface area contributed by atoms with Gasteiger partial charge >= 0.3 is 0 Å². The first-order valence-corrected chi connectivity index (χ1v) is 7.54. The van der Waals surface area contributed by atoms with E-state index in [1.54, 1.807) is 31.4 Å². The van der Waals surface area contributed by atoms with E-state index in [1.807, 2.05) is 0 Å². The number of hydrogen-bond donors (Lipinski definition) is 2. The third kappa shape index (κ3) is 4.10. The van der Waals surface area contributed by atoms with Gasteiger partial charge in [-0.2, -0.15) is 0 Å². The van der Waals surface area contributed by atoms with Gasteiger partial charge in [-0.3, -0.25) is 4.79 Å². The summed E-state index contributed by atoms with van der Waals surface area (Å²) in [6, 6.07) is 11.3. The van der Waals surface area contributed by atoms with Crippen molar-refractivity contribution in [1.29, 1.82) is 0 Å². The number of ether oxygens (including phenoxy) is 1. The lowest BCUT2D eigenvalue weighted by Gasteiger charge is -2.09. The zero-order valence-corrected chi connectivity index (χ0v) is 13.7. The lowest BCUT2D eigenvalue weighted by molar-refractivity contribution is 0.102. The fourth-order valence-corrected chi connectivity index (χ4v) is 2.15. The second-order valence-electron chi connectivity index (χ2n) is 5.22. The van der Waals surface area contributed by atoms with Crippen molar-refractivity contribution in [3.63, 3.8) is 0 Å². The summed E-state index contributed by atoms with van der Waals surface area (Å²) >= 11 is 0. The lowest BCUT2D eigenvalue weighted by atomic mass is 10.2. The van der Waals surface area contributed by atoms with Gasteiger partial charge in [0.2, 0.25) is 0 Å². The van der Waals surface area contributed by atoms with E-state index in [0.29, 0.717) is 11.4 Å². The number of carbonyl (C=O) groups excluding carboxylic acids is 1. The first-order chi connectivity index (χ1) is 12.5. The molecule has 1 aromatic heterocycles. The van der Waals surface area contributed by atoms with Gasteiger partial charge in [-0.15, -0.1) is 0 Å². The summed E-state index contributed by atoms with van der Waals surface area (Å²) in [6.45, 7) is 0. The lowest BCUT2D eigenvalue weighted by Crippen LogP contribution is -2.14. The summed E-state index contributed by atoms with van der Waals surface area (Å²) in [6.07, 6.45) is 1.17. The van der Waals surface area contributed by atoms with E-state index in [9.17, 15) is 13.6 Å². The van der Waals surface area contributed by atoms with Crippen molar-refractivity contribution in [3.05, 3.63) is 72.2 Å². The number of carbonyl (C=O) groups is 1. The maximum Gasteiger partial charge on any atom is 0.274 e. The predicted octanol–water partition coefficient (Wildman–Crippen LogP) is 3.76. The van der Waals surface area contributed by atoms with E-state index in [4.69, 9.17) is 4.74 Å². The molecule has 2 aromatic carbocycles. The molecular weight excluding hydrogens is 342 g/mol. The Kier molecular flexibility index (Phi) is 5.02. The summed E-state index contributed by atoms with van der Waals surface area (Å²) in [7, 11) is 1.55. The van der Waals surface area contributed by atoms with E-state index >= 15 is 0 Å². The van der Waals surface area contributed by atoms with Crippen molar-refractivity contribution in [2.45, 2.75) is 0 Å². The van der Waals surface area contributed by atoms with Crippen molar-refractivity contribution in [2.24, 2.45) is 0 Å². The maximum absolute atomic E-state index is 13.7. The number of anilines is 3. The fourth-order valence-electron chi connectivity index (χ4n) is 2.15. The molecular formula is C18H14F2N4O2. The number of methoxy groups -OCH3 is 1. The number of halogens is 2. The standard InChI is InChI=1S/C18H14F2N4O2/c1-26-13-5-3-12(4-6-13)23-18(25)16-9-17(22-10-21-16)24-15-7-2-11(19)8-14(15)20/h2-10H,1H3,(H,23,25)(H,21,22,24). The summed E-state index contributed by atoms with van der Waals surface area (Å²) < 4.78 is 31.7. The Balaban J connectivity index is 1.74. The van der Waals surface area contributed by atoms with Gasteiger partial charge < -0.3 is 15.4 Å². The molecule has 8 heteroatoms. The number of hydrogen-bond acceptors (Lipinski definition) is 5. The number of nitrogens with one attached hydrogen (secondary N) is 2. The number of aromatic nitrogens is 2. The van der Waals surface area contributed by atoms with Gasteiger partial charge in [0.25, 0.3) is 5.91 Å². The quantitative estimate of drug-likeness (QED) is 0.728. The van der Waals surface area contributed by atoms with E-state index < -0.39 is 17.5 Å². The molecule has 0 saturated carbocycles. The molecule has 0 aliphatic carbocycles. The molecule has 1 heterocycles. The first kappa shape index (κ1) is 17.3. The van der Waals surface area contributed by atoms with E-state index in [1.165, 1.54) is 18.5 Å². The minimum Gasteiger partial charge on any atom is -0.497 e. The van der Waals surface area contributed by atoms with Crippen molar-refractivity contribution < 1.29 is 18.3 Å². The molecule has 1 amide bonds. The molecule has 0 atom stereocenters. The molecule has 0 fully saturated rings. The van der Waals surface area contributed by atoms with Crippen LogP contribution in [0.4, 0.5) is 26.0 Å². The second kappa shape index (κ2) is 7.56. The van der Waals surface area contributed by atoms with E-state index in [-0.39, 0.29) is 17.2 Å². The van der Waals surface area contributed by atoms with Crippen LogP contribution in [0.2, 0.25) is 0 Å². The third-order valence-electron chi connectivity index (χ3n) is 3.44. The van der Waals surface area contributed by atoms with Crippen LogP contribution in [0.5, 0.6) is 5.75 Å². The summed E-state index contributed by atoms with van der Waals surface area (Å²) in [5, 5.41) is 5.37. The monoisotopic (exact) mass is 356 g/mol. The molecule has 2 N–H and O–H groups in total. The molecule has 3 aromatic rings. The average Bonchev–Trinajstić information content (AvgIpc) is 2.65. The molecule has 0 unspecified atom stereocenters. The number of benzene rings is 2. The highest BCUT2D eigenvalue weighted by molar-refractivity contribution is 6.03. The molecule has 0 aliphatic heterocycles. The Morgan fingerprint density at radius 1 is 1.04 bits per heavy atom. The summed E-state index contributed by atoms with van der Waals surface area (Å²) in [5.41, 5.74) is 0.681. The largest absolute Gasteiger partial charge is 0.497 e. The number of nitrogens with zero attached hydrogens (tertiary/aromatic N) is 2. The van der Waals surface area contributed by atoms with E-state index in [0.717, 1.165) is 12.1 Å². The average molecular weight is 356 g/mol. The highest BCUT2D eigenvalue weighted by Gasteiger charge is 2.11. The van der Waals surface area contributed by atoms with Crippen LogP contribution in [0.1, 0.15) is 10.5 Å². The molecule has 0 bridgehead atoms. The normalized spacial score (nSPS) is 10.3. The first-order valence-electron chi connectivity index (χ1n) is 7.54. The summed E-state index contributed by atoms with van der Waals surface area (Å²) in [4.78, 5) is 20.1. The molecule has 0 spiro atoms. The molecule has 132 valence electrons. The maximum atomic E-state index is 13.7. The van der Waals surface area contributed by atoms with Gasteiger partial charge in [-0.25, -0.2) is 18.7 Å². The van der Waals surface area contributed by atoms with Gasteiger partial charge in [0, 0.05) is 17.8 Å². The Bertz CT molecular complexity index is 933. The predicted molar refractivity (Wildman–Crippen MR) is 92.6 cm³/mol. The fraction of sp³-hybridized carbons (Fsp3) is 0.0556. The molecule has 6 nitrogen and oxygen atoms in total. The third-order valence-corrected chi connectivity index (χ3v) is 3.44. The Hall–Kier alpha value is -3.55. The number of amides is 1. The van der Waals surface area contributed by atoms with Crippen LogP contribution in [-0.4, -0.2) is 23.0 Å². The van der Waals surface area contributed by atoms with Crippen LogP contribution in [-0.2, 0) is 0 Å². The van der Waals surface area contributed by atoms with Crippen LogP contribution in [0, 0.1) is 11.6 Å². The smallest absolute Gasteiger partial charge is 0.274 e. The highest BCUT2D eigenvalue weighted by atomic mass is 19.1. The molecule has 0 saturated heterocycles. The second-order valence-corrected chi connectivity index (χ2v) is 5.22. The van der Waals surface area contributed by atoms with Crippen molar-refractivity contribution in [2.75, 3.05) is 17.7 Å². The highest BCUT2D eigenvalue weighted by Crippen LogP contribution is 2.20. The Labute approximate surface area is 147 Å². The summed E-state index contributed by atoms with van der Waals surface area (Å²) in [5.74, 6) is -1.05. The van der Waals surface area contributed by atoms with Crippen molar-refractivity contribution in [1.82, 2.24) is 9.97 Å². The topological polar surface area (TPSA) is 76.1 Å². The van der Waals surface area contributed by atoms with Crippen LogP contribution in [0.25, 0.3) is 0 Å². The zero-order chi connectivity index (χ0) is 18.5. The zero-order valence-electron chi connectivity index (χ0n) is 13.7. The minimum absolute atomic E-state index is 0.0339.